The molecule has 0 bridgehead atoms. The molecule has 0 radical (unpaired) electrons. The first kappa shape index (κ1) is 22.2. The minimum absolute atomic E-state index is 0.391. The van der Waals surface area contributed by atoms with Crippen LogP contribution in [0.25, 0.3) is 11.1 Å². The van der Waals surface area contributed by atoms with Gasteiger partial charge in [-0.15, -0.1) is 0 Å². The van der Waals surface area contributed by atoms with Crippen molar-refractivity contribution in [3.05, 3.63) is 52.8 Å². The Morgan fingerprint density at radius 2 is 2.21 bits per heavy atom. The van der Waals surface area contributed by atoms with E-state index in [1.54, 1.807) is 19.4 Å². The van der Waals surface area contributed by atoms with Crippen molar-refractivity contribution in [1.29, 1.82) is 0 Å². The molecule has 1 fully saturated rings. The number of nitrogens with zero attached hydrogens (tertiary/aromatic N) is 1. The standard InChI is InChI=1S/C23H31ClN2O3/c1-3-17-7-6-8-18(15-17)21-19(24)9-11-26-22(21)23(27,10-4-5-13-28-2)20-16-25-12-14-29-20/h6-9,11,15,20,25,27H,3-5,10,12-14,16H2,1-2H3/t20-,23?/m1/s1. The van der Waals surface area contributed by atoms with E-state index in [4.69, 9.17) is 21.1 Å². The third-order valence-corrected chi connectivity index (χ3v) is 5.87. The Balaban J connectivity index is 2.05. The fraction of sp³-hybridized carbons (Fsp3) is 0.522. The summed E-state index contributed by atoms with van der Waals surface area (Å²) in [4.78, 5) is 4.64. The van der Waals surface area contributed by atoms with Gasteiger partial charge in [0.1, 0.15) is 11.7 Å². The fourth-order valence-corrected chi connectivity index (χ4v) is 4.19. The number of aliphatic hydroxyl groups is 1. The van der Waals surface area contributed by atoms with Crippen molar-refractivity contribution >= 4 is 11.6 Å². The monoisotopic (exact) mass is 418 g/mol. The molecule has 2 heterocycles. The number of halogens is 1. The van der Waals surface area contributed by atoms with Gasteiger partial charge >= 0.3 is 0 Å². The van der Waals surface area contributed by atoms with E-state index in [0.717, 1.165) is 36.9 Å². The zero-order chi connectivity index (χ0) is 20.7. The molecule has 1 aliphatic rings. The van der Waals surface area contributed by atoms with Crippen LogP contribution < -0.4 is 5.32 Å². The molecule has 1 aromatic heterocycles. The zero-order valence-electron chi connectivity index (χ0n) is 17.3. The van der Waals surface area contributed by atoms with Gasteiger partial charge in [-0.05, 0) is 42.9 Å². The van der Waals surface area contributed by atoms with Gasteiger partial charge in [-0.3, -0.25) is 4.98 Å². The van der Waals surface area contributed by atoms with E-state index < -0.39 is 11.7 Å². The van der Waals surface area contributed by atoms with Gasteiger partial charge in [0.25, 0.3) is 0 Å². The molecule has 2 aromatic rings. The number of pyridine rings is 1. The summed E-state index contributed by atoms with van der Waals surface area (Å²) in [7, 11) is 1.69. The number of methoxy groups -OCH3 is 1. The average Bonchev–Trinajstić information content (AvgIpc) is 2.77. The second kappa shape index (κ2) is 10.5. The van der Waals surface area contributed by atoms with E-state index in [1.165, 1.54) is 5.56 Å². The molecule has 29 heavy (non-hydrogen) atoms. The fourth-order valence-electron chi connectivity index (χ4n) is 3.93. The maximum Gasteiger partial charge on any atom is 0.134 e. The number of aryl methyl sites for hydroxylation is 1. The molecule has 1 aromatic carbocycles. The Labute approximate surface area is 178 Å². The maximum atomic E-state index is 12.0. The van der Waals surface area contributed by atoms with Gasteiger partial charge in [0.15, 0.2) is 0 Å². The summed E-state index contributed by atoms with van der Waals surface area (Å²) in [6.07, 6.45) is 4.39. The number of unbranched alkanes of at least 4 members (excludes halogenated alkanes) is 1. The van der Waals surface area contributed by atoms with Gasteiger partial charge in [-0.2, -0.15) is 0 Å². The van der Waals surface area contributed by atoms with Gasteiger partial charge in [-0.1, -0.05) is 42.8 Å². The molecular formula is C23H31ClN2O3. The van der Waals surface area contributed by atoms with E-state index in [9.17, 15) is 5.11 Å². The summed E-state index contributed by atoms with van der Waals surface area (Å²) in [5, 5.41) is 15.9. The van der Waals surface area contributed by atoms with E-state index in [1.807, 2.05) is 12.1 Å². The topological polar surface area (TPSA) is 63.6 Å². The third kappa shape index (κ3) is 5.16. The minimum Gasteiger partial charge on any atom is -0.385 e. The van der Waals surface area contributed by atoms with Gasteiger partial charge in [-0.25, -0.2) is 0 Å². The van der Waals surface area contributed by atoms with Crippen LogP contribution in [-0.4, -0.2) is 49.6 Å². The number of benzene rings is 1. The number of aromatic nitrogens is 1. The highest BCUT2D eigenvalue weighted by Gasteiger charge is 2.43. The highest BCUT2D eigenvalue weighted by molar-refractivity contribution is 6.33. The maximum absolute atomic E-state index is 12.0. The number of nitrogens with one attached hydrogen (secondary N) is 1. The van der Waals surface area contributed by atoms with Crippen LogP contribution in [-0.2, 0) is 21.5 Å². The molecule has 0 aliphatic carbocycles. The molecule has 0 amide bonds. The minimum atomic E-state index is -1.25. The lowest BCUT2D eigenvalue weighted by Crippen LogP contribution is -2.52. The van der Waals surface area contributed by atoms with Crippen molar-refractivity contribution in [3.63, 3.8) is 0 Å². The summed E-state index contributed by atoms with van der Waals surface area (Å²) < 4.78 is 11.2. The lowest BCUT2D eigenvalue weighted by molar-refractivity contribution is -0.131. The van der Waals surface area contributed by atoms with E-state index in [-0.39, 0.29) is 0 Å². The Hall–Kier alpha value is -1.50. The van der Waals surface area contributed by atoms with E-state index >= 15 is 0 Å². The van der Waals surface area contributed by atoms with E-state index in [0.29, 0.717) is 36.9 Å². The van der Waals surface area contributed by atoms with Crippen molar-refractivity contribution in [2.24, 2.45) is 0 Å². The number of rotatable bonds is 9. The molecule has 0 spiro atoms. The first-order chi connectivity index (χ1) is 14.1. The van der Waals surface area contributed by atoms with Crippen LogP contribution in [0.15, 0.2) is 36.5 Å². The largest absolute Gasteiger partial charge is 0.385 e. The molecule has 158 valence electrons. The Morgan fingerprint density at radius 3 is 2.93 bits per heavy atom. The van der Waals surface area contributed by atoms with Crippen molar-refractivity contribution < 1.29 is 14.6 Å². The smallest absolute Gasteiger partial charge is 0.134 e. The van der Waals surface area contributed by atoms with Gasteiger partial charge in [0.2, 0.25) is 0 Å². The Kier molecular flexibility index (Phi) is 8.04. The second-order valence-corrected chi connectivity index (χ2v) is 7.92. The number of hydrogen-bond donors (Lipinski definition) is 2. The first-order valence-corrected chi connectivity index (χ1v) is 10.8. The average molecular weight is 419 g/mol. The van der Waals surface area contributed by atoms with Crippen molar-refractivity contribution in [2.45, 2.75) is 44.3 Å². The van der Waals surface area contributed by atoms with Crippen LogP contribution in [0.3, 0.4) is 0 Å². The summed E-state index contributed by atoms with van der Waals surface area (Å²) >= 11 is 6.66. The van der Waals surface area contributed by atoms with Gasteiger partial charge < -0.3 is 19.9 Å². The van der Waals surface area contributed by atoms with Crippen molar-refractivity contribution in [1.82, 2.24) is 10.3 Å². The second-order valence-electron chi connectivity index (χ2n) is 7.51. The predicted molar refractivity (Wildman–Crippen MR) is 116 cm³/mol. The Morgan fingerprint density at radius 1 is 1.34 bits per heavy atom. The van der Waals surface area contributed by atoms with Crippen molar-refractivity contribution in [2.75, 3.05) is 33.4 Å². The number of ether oxygens (including phenoxy) is 2. The molecule has 0 saturated carbocycles. The van der Waals surface area contributed by atoms with Gasteiger partial charge in [0.05, 0.1) is 17.3 Å². The molecule has 2 N–H and O–H groups in total. The zero-order valence-corrected chi connectivity index (χ0v) is 18.0. The normalized spacial score (nSPS) is 19.1. The molecule has 2 atom stereocenters. The highest BCUT2D eigenvalue weighted by atomic mass is 35.5. The summed E-state index contributed by atoms with van der Waals surface area (Å²) in [5.74, 6) is 0. The molecule has 1 unspecified atom stereocenters. The van der Waals surface area contributed by atoms with Crippen LogP contribution in [0, 0.1) is 0 Å². The van der Waals surface area contributed by atoms with Crippen LogP contribution in [0.5, 0.6) is 0 Å². The van der Waals surface area contributed by atoms with Crippen LogP contribution >= 0.6 is 11.6 Å². The van der Waals surface area contributed by atoms with Crippen LogP contribution in [0.2, 0.25) is 5.02 Å². The Bertz CT molecular complexity index is 795. The molecular weight excluding hydrogens is 388 g/mol. The van der Waals surface area contributed by atoms with E-state index in [2.05, 4.69) is 29.4 Å². The quantitative estimate of drug-likeness (QED) is 0.603. The predicted octanol–water partition coefficient (Wildman–Crippen LogP) is 3.96. The lowest BCUT2D eigenvalue weighted by Gasteiger charge is -2.39. The first-order valence-electron chi connectivity index (χ1n) is 10.4. The van der Waals surface area contributed by atoms with Crippen LogP contribution in [0.1, 0.15) is 37.4 Å². The molecule has 3 rings (SSSR count). The number of hydrogen-bond acceptors (Lipinski definition) is 5. The molecule has 1 saturated heterocycles. The lowest BCUT2D eigenvalue weighted by atomic mass is 9.82. The van der Waals surface area contributed by atoms with Crippen molar-refractivity contribution in [3.8, 4) is 11.1 Å². The summed E-state index contributed by atoms with van der Waals surface area (Å²) in [6.45, 7) is 4.70. The third-order valence-electron chi connectivity index (χ3n) is 5.55. The SMILES string of the molecule is CCc1cccc(-c2c(Cl)ccnc2C(O)(CCCCOC)[C@H]2CNCCO2)c1. The van der Waals surface area contributed by atoms with Gasteiger partial charge in [0, 0.05) is 38.6 Å². The summed E-state index contributed by atoms with van der Waals surface area (Å²) in [6, 6.07) is 10.1. The molecule has 6 heteroatoms. The molecule has 1 aliphatic heterocycles. The number of morpholine rings is 1. The van der Waals surface area contributed by atoms with Crippen LogP contribution in [0.4, 0.5) is 0 Å². The summed E-state index contributed by atoms with van der Waals surface area (Å²) in [5.41, 5.74) is 2.31. The highest BCUT2D eigenvalue weighted by Crippen LogP contribution is 2.41. The molecule has 5 nitrogen and oxygen atoms in total.